The minimum absolute atomic E-state index is 0.0689. The fraction of sp³-hybridized carbons (Fsp3) is 0.125. The summed E-state index contributed by atoms with van der Waals surface area (Å²) in [7, 11) is 0. The molecule has 0 saturated carbocycles. The number of aryl methyl sites for hydroxylation is 2. The van der Waals surface area contributed by atoms with Gasteiger partial charge in [-0.25, -0.2) is 0 Å². The van der Waals surface area contributed by atoms with E-state index in [1.165, 1.54) is 24.8 Å². The first kappa shape index (κ1) is 26.4. The number of Topliss-reactive ketones (excluding diaryl/α,β-unsaturated/α-hetero) is 2. The number of nitrogens with one attached hydrogen (secondary N) is 2. The van der Waals surface area contributed by atoms with Crippen LogP contribution in [0, 0.1) is 13.8 Å². The Balaban J connectivity index is 1.67. The second-order valence-corrected chi connectivity index (χ2v) is 10.00. The number of nitrogens with zero attached hydrogens (tertiary/aromatic N) is 2. The van der Waals surface area contributed by atoms with Crippen molar-refractivity contribution in [1.29, 1.82) is 0 Å². The van der Waals surface area contributed by atoms with Gasteiger partial charge in [0, 0.05) is 47.1 Å². The monoisotopic (exact) mass is 532 g/mol. The van der Waals surface area contributed by atoms with Crippen molar-refractivity contribution in [3.05, 3.63) is 106 Å². The lowest BCUT2D eigenvalue weighted by molar-refractivity contribution is -0.112. The second kappa shape index (κ2) is 10.5. The fourth-order valence-electron chi connectivity index (χ4n) is 4.59. The molecule has 0 atom stereocenters. The highest BCUT2D eigenvalue weighted by Crippen LogP contribution is 2.38. The van der Waals surface area contributed by atoms with Crippen molar-refractivity contribution in [2.45, 2.75) is 27.7 Å². The summed E-state index contributed by atoms with van der Waals surface area (Å²) >= 11 is 0. The third kappa shape index (κ3) is 5.33. The standard InChI is InChI=1S/C32H28N4O4/c1-17-5-21-13-33-25-9-19(3)11-27(31(25)39)35-15-23-7-18(2)8-24(30(23)38)16-36-28-12-20(4)10-26(32(28)40)34-14-22(6-17)29(21)37/h5-16,33,35,39-40H,1-4H3. The number of ketones is 2. The molecule has 8 heteroatoms. The SMILES string of the molecule is CC1=CC2=CNc3cc(C)cc(c3O)NC=C3C=C(C)C=C(C=Nc4cc(C)cc(c4O)N=CC(=C1)C2=O)C3=O. The lowest BCUT2D eigenvalue weighted by atomic mass is 9.95. The van der Waals surface area contributed by atoms with E-state index in [1.54, 1.807) is 48.6 Å². The molecule has 0 unspecified atom stereocenters. The van der Waals surface area contributed by atoms with Crippen LogP contribution in [0.3, 0.4) is 0 Å². The van der Waals surface area contributed by atoms with Crippen LogP contribution in [0.4, 0.5) is 22.7 Å². The van der Waals surface area contributed by atoms with Crippen LogP contribution in [0.15, 0.2) is 104 Å². The highest BCUT2D eigenvalue weighted by molar-refractivity contribution is 6.24. The van der Waals surface area contributed by atoms with E-state index >= 15 is 0 Å². The fourth-order valence-corrected chi connectivity index (χ4v) is 4.59. The molecule has 0 spiro atoms. The maximum absolute atomic E-state index is 13.2. The number of benzene rings is 2. The molecule has 0 fully saturated rings. The van der Waals surface area contributed by atoms with Gasteiger partial charge < -0.3 is 20.8 Å². The van der Waals surface area contributed by atoms with Crippen molar-refractivity contribution in [3.63, 3.8) is 0 Å². The summed E-state index contributed by atoms with van der Waals surface area (Å²) < 4.78 is 0. The molecule has 8 nitrogen and oxygen atoms in total. The Kier molecular flexibility index (Phi) is 6.92. The highest BCUT2D eigenvalue weighted by Gasteiger charge is 2.20. The van der Waals surface area contributed by atoms with E-state index in [-0.39, 0.29) is 34.4 Å². The van der Waals surface area contributed by atoms with Gasteiger partial charge in [-0.15, -0.1) is 0 Å². The maximum atomic E-state index is 13.2. The van der Waals surface area contributed by atoms with Crippen molar-refractivity contribution in [3.8, 4) is 11.5 Å². The Morgan fingerprint density at radius 2 is 1.00 bits per heavy atom. The van der Waals surface area contributed by atoms with Crippen LogP contribution < -0.4 is 10.6 Å². The quantitative estimate of drug-likeness (QED) is 0.294. The summed E-state index contributed by atoms with van der Waals surface area (Å²) in [6, 6.07) is 6.89. The van der Waals surface area contributed by atoms with Gasteiger partial charge in [0.1, 0.15) is 11.4 Å². The first-order chi connectivity index (χ1) is 19.1. The molecule has 0 aromatic heterocycles. The topological polar surface area (TPSA) is 123 Å². The van der Waals surface area contributed by atoms with Crippen molar-refractivity contribution < 1.29 is 19.8 Å². The predicted molar refractivity (Wildman–Crippen MR) is 159 cm³/mol. The summed E-state index contributed by atoms with van der Waals surface area (Å²) in [6.07, 6.45) is 12.8. The zero-order chi connectivity index (χ0) is 28.6. The summed E-state index contributed by atoms with van der Waals surface area (Å²) in [6.45, 7) is 7.45. The number of carbonyl (C=O) groups excluding carboxylic acids is 2. The Morgan fingerprint density at radius 1 is 0.575 bits per heavy atom. The molecule has 2 aromatic carbocycles. The minimum Gasteiger partial charge on any atom is -0.504 e. The number of anilines is 2. The number of allylic oxidation sites excluding steroid dienone is 10. The largest absolute Gasteiger partial charge is 0.504 e. The molecule has 2 aliphatic carbocycles. The number of phenolic OH excluding ortho intramolecular Hbond substituents is 2. The number of hydrogen-bond acceptors (Lipinski definition) is 8. The molecule has 8 bridgehead atoms. The van der Waals surface area contributed by atoms with Crippen LogP contribution in [-0.4, -0.2) is 34.2 Å². The number of aromatic hydroxyl groups is 2. The van der Waals surface area contributed by atoms with Gasteiger partial charge in [-0.2, -0.15) is 0 Å². The highest BCUT2D eigenvalue weighted by atomic mass is 16.3. The number of phenols is 2. The summed E-state index contributed by atoms with van der Waals surface area (Å²) in [5.41, 5.74) is 6.00. The summed E-state index contributed by atoms with van der Waals surface area (Å²) in [5, 5.41) is 28.0. The smallest absolute Gasteiger partial charge is 0.196 e. The van der Waals surface area contributed by atoms with Gasteiger partial charge in [0.25, 0.3) is 0 Å². The van der Waals surface area contributed by atoms with E-state index in [9.17, 15) is 19.8 Å². The van der Waals surface area contributed by atoms with Gasteiger partial charge in [0.05, 0.1) is 11.4 Å². The van der Waals surface area contributed by atoms with E-state index in [0.29, 0.717) is 33.7 Å². The van der Waals surface area contributed by atoms with Crippen molar-refractivity contribution in [2.75, 3.05) is 10.6 Å². The van der Waals surface area contributed by atoms with E-state index in [1.807, 2.05) is 27.7 Å². The maximum Gasteiger partial charge on any atom is 0.196 e. The number of rotatable bonds is 0. The molecule has 0 radical (unpaired) electrons. The third-order valence-electron chi connectivity index (χ3n) is 6.50. The normalized spacial score (nSPS) is 16.9. The van der Waals surface area contributed by atoms with Crippen LogP contribution >= 0.6 is 0 Å². The van der Waals surface area contributed by atoms with Gasteiger partial charge in [-0.1, -0.05) is 0 Å². The van der Waals surface area contributed by atoms with Crippen LogP contribution in [0.1, 0.15) is 25.0 Å². The molecular formula is C32H28N4O4. The molecule has 0 saturated heterocycles. The number of carbonyl (C=O) groups is 2. The molecule has 5 rings (SSSR count). The Labute approximate surface area is 231 Å². The molecule has 200 valence electrons. The average Bonchev–Trinajstić information content (AvgIpc) is 2.90. The van der Waals surface area contributed by atoms with Crippen LogP contribution in [0.2, 0.25) is 0 Å². The lowest BCUT2D eigenvalue weighted by Gasteiger charge is -2.15. The first-order valence-electron chi connectivity index (χ1n) is 12.7. The second-order valence-electron chi connectivity index (χ2n) is 10.00. The zero-order valence-electron chi connectivity index (χ0n) is 22.5. The summed E-state index contributed by atoms with van der Waals surface area (Å²) in [5.74, 6) is -0.769. The van der Waals surface area contributed by atoms with Gasteiger partial charge in [-0.3, -0.25) is 19.6 Å². The average molecular weight is 533 g/mol. The molecular weight excluding hydrogens is 504 g/mol. The van der Waals surface area contributed by atoms with Crippen LogP contribution in [0.25, 0.3) is 0 Å². The van der Waals surface area contributed by atoms with Gasteiger partial charge in [0.15, 0.2) is 23.1 Å². The number of aliphatic imine (C=N–C) groups is 2. The predicted octanol–water partition coefficient (Wildman–Crippen LogP) is 6.34. The van der Waals surface area contributed by atoms with Crippen LogP contribution in [-0.2, 0) is 9.59 Å². The number of fused-ring (bicyclic) bond motifs is 8. The van der Waals surface area contributed by atoms with Crippen molar-refractivity contribution >= 4 is 46.7 Å². The zero-order valence-corrected chi connectivity index (χ0v) is 22.5. The molecule has 40 heavy (non-hydrogen) atoms. The summed E-state index contributed by atoms with van der Waals surface area (Å²) in [4.78, 5) is 35.3. The van der Waals surface area contributed by atoms with Crippen molar-refractivity contribution in [1.82, 2.24) is 0 Å². The minimum atomic E-state index is -0.266. The Morgan fingerprint density at radius 3 is 1.45 bits per heavy atom. The number of hydrogen-bond donors (Lipinski definition) is 4. The Hall–Kier alpha value is -5.24. The Bertz CT molecular complexity index is 1610. The molecule has 1 aliphatic heterocycles. The van der Waals surface area contributed by atoms with E-state index in [2.05, 4.69) is 20.6 Å². The molecule has 3 aliphatic rings. The van der Waals surface area contributed by atoms with Crippen molar-refractivity contribution in [2.24, 2.45) is 9.98 Å². The van der Waals surface area contributed by atoms with Crippen LogP contribution in [0.5, 0.6) is 11.5 Å². The lowest BCUT2D eigenvalue weighted by Crippen LogP contribution is -2.12. The molecule has 4 N–H and O–H groups in total. The molecule has 0 amide bonds. The van der Waals surface area contributed by atoms with Gasteiger partial charge in [-0.05, 0) is 98.5 Å². The molecule has 2 aromatic rings. The van der Waals surface area contributed by atoms with E-state index in [0.717, 1.165) is 22.3 Å². The van der Waals surface area contributed by atoms with Gasteiger partial charge >= 0.3 is 0 Å². The van der Waals surface area contributed by atoms with E-state index in [4.69, 9.17) is 0 Å². The van der Waals surface area contributed by atoms with E-state index < -0.39 is 0 Å². The third-order valence-corrected chi connectivity index (χ3v) is 6.50. The molecule has 1 heterocycles. The van der Waals surface area contributed by atoms with Gasteiger partial charge in [0.2, 0.25) is 0 Å². The first-order valence-corrected chi connectivity index (χ1v) is 12.7.